The normalized spacial score (nSPS) is 22.8. The fourth-order valence-electron chi connectivity index (χ4n) is 2.39. The van der Waals surface area contributed by atoms with Gasteiger partial charge in [-0.3, -0.25) is 4.79 Å². The van der Waals surface area contributed by atoms with Crippen molar-refractivity contribution in [3.05, 3.63) is 29.3 Å². The van der Waals surface area contributed by atoms with Gasteiger partial charge in [0.2, 0.25) is 0 Å². The first-order valence-electron chi connectivity index (χ1n) is 6.27. The van der Waals surface area contributed by atoms with Gasteiger partial charge in [-0.15, -0.1) is 0 Å². The number of hydrogen-bond acceptors (Lipinski definition) is 4. The molecule has 104 valence electrons. The van der Waals surface area contributed by atoms with Gasteiger partial charge < -0.3 is 20.1 Å². The molecule has 1 aliphatic heterocycles. The lowest BCUT2D eigenvalue weighted by Crippen LogP contribution is -2.30. The molecule has 2 atom stereocenters. The molecular formula is C14H20N2O3. The zero-order valence-corrected chi connectivity index (χ0v) is 11.6. The van der Waals surface area contributed by atoms with Crippen LogP contribution in [0.4, 0.5) is 5.69 Å². The molecule has 5 nitrogen and oxygen atoms in total. The van der Waals surface area contributed by atoms with Crippen molar-refractivity contribution in [2.75, 3.05) is 33.0 Å². The van der Waals surface area contributed by atoms with Crippen LogP contribution in [0, 0.1) is 6.92 Å². The van der Waals surface area contributed by atoms with E-state index in [1.54, 1.807) is 25.2 Å². The number of anilines is 1. The Morgan fingerprint density at radius 1 is 1.26 bits per heavy atom. The van der Waals surface area contributed by atoms with Crippen molar-refractivity contribution in [1.82, 2.24) is 4.90 Å². The number of nitrogens with zero attached hydrogens (tertiary/aromatic N) is 1. The van der Waals surface area contributed by atoms with E-state index in [9.17, 15) is 4.79 Å². The van der Waals surface area contributed by atoms with E-state index in [-0.39, 0.29) is 18.1 Å². The van der Waals surface area contributed by atoms with E-state index in [1.807, 2.05) is 19.1 Å². The number of hydrogen-bond donors (Lipinski definition) is 1. The van der Waals surface area contributed by atoms with Crippen LogP contribution in [0.3, 0.4) is 0 Å². The van der Waals surface area contributed by atoms with Gasteiger partial charge in [-0.25, -0.2) is 0 Å². The Balaban J connectivity index is 2.19. The topological polar surface area (TPSA) is 64.8 Å². The third kappa shape index (κ3) is 2.72. The van der Waals surface area contributed by atoms with Crippen molar-refractivity contribution in [1.29, 1.82) is 0 Å². The van der Waals surface area contributed by atoms with E-state index in [2.05, 4.69) is 0 Å². The highest BCUT2D eigenvalue weighted by molar-refractivity contribution is 5.99. The molecule has 0 aromatic heterocycles. The second-order valence-corrected chi connectivity index (χ2v) is 4.85. The van der Waals surface area contributed by atoms with Gasteiger partial charge in [0.25, 0.3) is 5.91 Å². The molecule has 1 aromatic rings. The van der Waals surface area contributed by atoms with E-state index in [0.29, 0.717) is 24.3 Å². The molecule has 2 N–H and O–H groups in total. The zero-order chi connectivity index (χ0) is 14.0. The van der Waals surface area contributed by atoms with Gasteiger partial charge in [0.05, 0.1) is 5.56 Å². The van der Waals surface area contributed by atoms with Crippen LogP contribution in [0.2, 0.25) is 0 Å². The molecule has 0 saturated carbocycles. The van der Waals surface area contributed by atoms with Crippen molar-refractivity contribution >= 4 is 11.6 Å². The highest BCUT2D eigenvalue weighted by Gasteiger charge is 2.36. The number of likely N-dealkylation sites (tertiary alicyclic amines) is 1. The summed E-state index contributed by atoms with van der Waals surface area (Å²) in [5.41, 5.74) is 7.95. The Labute approximate surface area is 113 Å². The van der Waals surface area contributed by atoms with Crippen molar-refractivity contribution in [3.63, 3.8) is 0 Å². The van der Waals surface area contributed by atoms with Crippen LogP contribution in [0.1, 0.15) is 15.9 Å². The van der Waals surface area contributed by atoms with Crippen LogP contribution in [-0.4, -0.2) is 50.3 Å². The molecule has 1 fully saturated rings. The fraction of sp³-hybridized carbons (Fsp3) is 0.500. The molecule has 1 heterocycles. The number of nitrogen functional groups attached to an aromatic ring is 1. The van der Waals surface area contributed by atoms with Gasteiger partial charge in [0, 0.05) is 33.0 Å². The van der Waals surface area contributed by atoms with Crippen LogP contribution in [0.25, 0.3) is 0 Å². The summed E-state index contributed by atoms with van der Waals surface area (Å²) in [5, 5.41) is 0. The van der Waals surface area contributed by atoms with E-state index >= 15 is 0 Å². The third-order valence-electron chi connectivity index (χ3n) is 3.55. The lowest BCUT2D eigenvalue weighted by molar-refractivity contribution is -0.00461. The maximum absolute atomic E-state index is 12.5. The minimum Gasteiger partial charge on any atom is -0.398 e. The predicted molar refractivity (Wildman–Crippen MR) is 73.1 cm³/mol. The van der Waals surface area contributed by atoms with E-state index in [4.69, 9.17) is 15.2 Å². The maximum atomic E-state index is 12.5. The molecule has 1 saturated heterocycles. The van der Waals surface area contributed by atoms with Gasteiger partial charge in [-0.1, -0.05) is 11.6 Å². The SMILES string of the molecule is COC1CN(C(=O)c2cc(C)ccc2N)CC1OC. The Hall–Kier alpha value is -1.59. The second kappa shape index (κ2) is 5.59. The minimum atomic E-state index is -0.0833. The first kappa shape index (κ1) is 13.8. The molecule has 0 spiro atoms. The fourth-order valence-corrected chi connectivity index (χ4v) is 2.39. The summed E-state index contributed by atoms with van der Waals surface area (Å²) in [6.07, 6.45) is -0.167. The zero-order valence-electron chi connectivity index (χ0n) is 11.6. The Morgan fingerprint density at radius 3 is 2.37 bits per heavy atom. The molecule has 2 rings (SSSR count). The Bertz CT molecular complexity index is 464. The second-order valence-electron chi connectivity index (χ2n) is 4.85. The number of nitrogens with two attached hydrogens (primary N) is 1. The van der Waals surface area contributed by atoms with Crippen molar-refractivity contribution in [3.8, 4) is 0 Å². The largest absolute Gasteiger partial charge is 0.398 e. The summed E-state index contributed by atoms with van der Waals surface area (Å²) in [4.78, 5) is 14.2. The average Bonchev–Trinajstić information content (AvgIpc) is 2.84. The summed E-state index contributed by atoms with van der Waals surface area (Å²) in [5.74, 6) is -0.0669. The highest BCUT2D eigenvalue weighted by Crippen LogP contribution is 2.21. The van der Waals surface area contributed by atoms with Crippen LogP contribution < -0.4 is 5.73 Å². The summed E-state index contributed by atoms with van der Waals surface area (Å²) in [6.45, 7) is 3.00. The van der Waals surface area contributed by atoms with Crippen LogP contribution in [0.15, 0.2) is 18.2 Å². The molecule has 19 heavy (non-hydrogen) atoms. The number of carbonyl (C=O) groups is 1. The standard InChI is InChI=1S/C14H20N2O3/c1-9-4-5-11(15)10(6-9)14(17)16-7-12(18-2)13(8-16)19-3/h4-6,12-13H,7-8,15H2,1-3H3. The van der Waals surface area contributed by atoms with Crippen molar-refractivity contribution in [2.24, 2.45) is 0 Å². The van der Waals surface area contributed by atoms with Gasteiger partial charge in [0.15, 0.2) is 0 Å². The van der Waals surface area contributed by atoms with Gasteiger partial charge in [-0.05, 0) is 19.1 Å². The molecule has 5 heteroatoms. The van der Waals surface area contributed by atoms with Crippen molar-refractivity contribution in [2.45, 2.75) is 19.1 Å². The smallest absolute Gasteiger partial charge is 0.256 e. The molecule has 0 bridgehead atoms. The molecule has 1 aromatic carbocycles. The van der Waals surface area contributed by atoms with Crippen LogP contribution in [0.5, 0.6) is 0 Å². The lowest BCUT2D eigenvalue weighted by Gasteiger charge is -2.17. The summed E-state index contributed by atoms with van der Waals surface area (Å²) in [7, 11) is 3.26. The minimum absolute atomic E-state index is 0.0669. The third-order valence-corrected chi connectivity index (χ3v) is 3.55. The number of methoxy groups -OCH3 is 2. The Kier molecular flexibility index (Phi) is 4.07. The van der Waals surface area contributed by atoms with Crippen molar-refractivity contribution < 1.29 is 14.3 Å². The average molecular weight is 264 g/mol. The lowest BCUT2D eigenvalue weighted by atomic mass is 10.1. The number of ether oxygens (including phenoxy) is 2. The summed E-state index contributed by atoms with van der Waals surface area (Å²) < 4.78 is 10.7. The Morgan fingerprint density at radius 2 is 1.84 bits per heavy atom. The molecule has 0 radical (unpaired) electrons. The summed E-state index contributed by atoms with van der Waals surface area (Å²) >= 11 is 0. The van der Waals surface area contributed by atoms with Gasteiger partial charge in [-0.2, -0.15) is 0 Å². The number of amides is 1. The first-order chi connectivity index (χ1) is 9.06. The number of benzene rings is 1. The molecule has 1 amide bonds. The van der Waals surface area contributed by atoms with E-state index in [1.165, 1.54) is 0 Å². The van der Waals surface area contributed by atoms with Crippen LogP contribution >= 0.6 is 0 Å². The van der Waals surface area contributed by atoms with Gasteiger partial charge in [0.1, 0.15) is 12.2 Å². The van der Waals surface area contributed by atoms with Gasteiger partial charge >= 0.3 is 0 Å². The quantitative estimate of drug-likeness (QED) is 0.829. The number of aryl methyl sites for hydroxylation is 1. The number of rotatable bonds is 3. The predicted octanol–water partition coefficient (Wildman–Crippen LogP) is 1.06. The van der Waals surface area contributed by atoms with Crippen LogP contribution in [-0.2, 0) is 9.47 Å². The molecule has 0 aliphatic carbocycles. The first-order valence-corrected chi connectivity index (χ1v) is 6.27. The maximum Gasteiger partial charge on any atom is 0.256 e. The molecule has 2 unspecified atom stereocenters. The molecule has 1 aliphatic rings. The van der Waals surface area contributed by atoms with E-state index in [0.717, 1.165) is 5.56 Å². The van der Waals surface area contributed by atoms with E-state index < -0.39 is 0 Å². The summed E-state index contributed by atoms with van der Waals surface area (Å²) in [6, 6.07) is 5.48. The monoisotopic (exact) mass is 264 g/mol. The molecular weight excluding hydrogens is 244 g/mol. The number of carbonyl (C=O) groups excluding carboxylic acids is 1. The highest BCUT2D eigenvalue weighted by atomic mass is 16.5.